The van der Waals surface area contributed by atoms with Gasteiger partial charge in [0, 0.05) is 0 Å². The number of aliphatic hydroxyl groups excluding tert-OH is 1. The molecule has 2 atom stereocenters. The van der Waals surface area contributed by atoms with Crippen molar-refractivity contribution in [1.29, 1.82) is 0 Å². The number of rotatable bonds is 6. The summed E-state index contributed by atoms with van der Waals surface area (Å²) < 4.78 is 0. The van der Waals surface area contributed by atoms with E-state index in [4.69, 9.17) is 0 Å². The maximum atomic E-state index is 10.5. The maximum Gasteiger partial charge on any atom is 0.0880 e. The Morgan fingerprint density at radius 2 is 1.36 bits per heavy atom. The maximum absolute atomic E-state index is 10.5. The van der Waals surface area contributed by atoms with Crippen LogP contribution < -0.4 is 5.19 Å². The molecule has 22 heavy (non-hydrogen) atoms. The molecule has 2 heteroatoms. The fraction of sp³-hybridized carbons (Fsp3) is 0.400. The van der Waals surface area contributed by atoms with E-state index in [0.717, 1.165) is 6.42 Å². The van der Waals surface area contributed by atoms with Gasteiger partial charge in [0.15, 0.2) is 0 Å². The summed E-state index contributed by atoms with van der Waals surface area (Å²) in [7, 11) is -1.72. The highest BCUT2D eigenvalue weighted by atomic mass is 28.3. The van der Waals surface area contributed by atoms with Crippen molar-refractivity contribution in [3.05, 3.63) is 66.2 Å². The van der Waals surface area contributed by atoms with Crippen molar-refractivity contribution in [3.63, 3.8) is 0 Å². The monoisotopic (exact) mass is 312 g/mol. The Morgan fingerprint density at radius 3 is 1.86 bits per heavy atom. The number of aliphatic hydroxyl groups is 1. The molecule has 0 saturated carbocycles. The van der Waals surface area contributed by atoms with Crippen LogP contribution in [0.15, 0.2) is 60.7 Å². The molecule has 118 valence electrons. The molecule has 0 aromatic heterocycles. The lowest BCUT2D eigenvalue weighted by Crippen LogP contribution is -2.49. The van der Waals surface area contributed by atoms with Crippen molar-refractivity contribution in [1.82, 2.24) is 0 Å². The van der Waals surface area contributed by atoms with Crippen LogP contribution in [0, 0.1) is 5.92 Å². The van der Waals surface area contributed by atoms with Gasteiger partial charge in [0.25, 0.3) is 0 Å². The molecule has 0 aliphatic rings. The summed E-state index contributed by atoms with van der Waals surface area (Å²) >= 11 is 0. The molecule has 0 aliphatic heterocycles. The van der Waals surface area contributed by atoms with Crippen LogP contribution in [0.4, 0.5) is 0 Å². The van der Waals surface area contributed by atoms with E-state index < -0.39 is 8.07 Å². The van der Waals surface area contributed by atoms with Gasteiger partial charge in [-0.1, -0.05) is 92.8 Å². The minimum Gasteiger partial charge on any atom is -0.393 e. The second-order valence-electron chi connectivity index (χ2n) is 7.10. The van der Waals surface area contributed by atoms with Gasteiger partial charge in [-0.25, -0.2) is 0 Å². The minimum atomic E-state index is -1.72. The highest BCUT2D eigenvalue weighted by molar-refractivity contribution is 6.90. The normalized spacial score (nSPS) is 14.8. The highest BCUT2D eigenvalue weighted by Gasteiger charge is 2.36. The van der Waals surface area contributed by atoms with Gasteiger partial charge in [0.1, 0.15) is 0 Å². The van der Waals surface area contributed by atoms with E-state index in [2.05, 4.69) is 87.6 Å². The first-order chi connectivity index (χ1) is 10.4. The van der Waals surface area contributed by atoms with Gasteiger partial charge < -0.3 is 5.11 Å². The molecule has 0 aliphatic carbocycles. The fourth-order valence-corrected chi connectivity index (χ4v) is 6.43. The van der Waals surface area contributed by atoms with E-state index in [1.807, 2.05) is 0 Å². The smallest absolute Gasteiger partial charge is 0.0880 e. The average molecular weight is 313 g/mol. The van der Waals surface area contributed by atoms with Gasteiger partial charge in [-0.3, -0.25) is 0 Å². The number of hydrogen-bond acceptors (Lipinski definition) is 1. The first-order valence-corrected chi connectivity index (χ1v) is 11.3. The van der Waals surface area contributed by atoms with Gasteiger partial charge in [-0.15, -0.1) is 0 Å². The Morgan fingerprint density at radius 1 is 0.864 bits per heavy atom. The molecule has 2 aromatic carbocycles. The van der Waals surface area contributed by atoms with Crippen LogP contribution in [0.2, 0.25) is 13.1 Å². The lowest BCUT2D eigenvalue weighted by atomic mass is 9.99. The van der Waals surface area contributed by atoms with Crippen LogP contribution in [-0.4, -0.2) is 19.3 Å². The summed E-state index contributed by atoms with van der Waals surface area (Å²) in [5.41, 5.74) is 1.79. The summed E-state index contributed by atoms with van der Waals surface area (Å²) in [6.45, 7) is 9.05. The Labute approximate surface area is 136 Å². The Bertz CT molecular complexity index is 563. The van der Waals surface area contributed by atoms with E-state index >= 15 is 0 Å². The van der Waals surface area contributed by atoms with Gasteiger partial charge >= 0.3 is 0 Å². The first-order valence-electron chi connectivity index (χ1n) is 8.21. The van der Waals surface area contributed by atoms with Crippen molar-refractivity contribution < 1.29 is 5.11 Å². The molecule has 2 rings (SSSR count). The van der Waals surface area contributed by atoms with E-state index in [0.29, 0.717) is 11.5 Å². The Balaban J connectivity index is 2.39. The average Bonchev–Trinajstić information content (AvgIpc) is 2.53. The lowest BCUT2D eigenvalue weighted by molar-refractivity contribution is 0.114. The SMILES string of the molecule is CC(C)[C@H](O)C[C@H](c1ccccc1)[Si](C)(C)c1ccccc1. The molecule has 1 N–H and O–H groups in total. The van der Waals surface area contributed by atoms with Crippen LogP contribution >= 0.6 is 0 Å². The summed E-state index contributed by atoms with van der Waals surface area (Å²) in [6, 6.07) is 21.6. The van der Waals surface area contributed by atoms with Crippen molar-refractivity contribution in [2.75, 3.05) is 0 Å². The third kappa shape index (κ3) is 3.87. The lowest BCUT2D eigenvalue weighted by Gasteiger charge is -2.35. The second-order valence-corrected chi connectivity index (χ2v) is 11.8. The molecule has 0 unspecified atom stereocenters. The Kier molecular flexibility index (Phi) is 5.60. The molecular formula is C20H28OSi. The van der Waals surface area contributed by atoms with Gasteiger partial charge in [0.2, 0.25) is 0 Å². The van der Waals surface area contributed by atoms with E-state index in [9.17, 15) is 5.11 Å². The molecule has 0 heterocycles. The molecule has 0 fully saturated rings. The van der Waals surface area contributed by atoms with Gasteiger partial charge in [-0.05, 0) is 23.4 Å². The minimum absolute atomic E-state index is 0.249. The van der Waals surface area contributed by atoms with Crippen LogP contribution in [0.5, 0.6) is 0 Å². The molecular weight excluding hydrogens is 284 g/mol. The third-order valence-electron chi connectivity index (χ3n) is 4.84. The number of hydrogen-bond donors (Lipinski definition) is 1. The summed E-state index contributed by atoms with van der Waals surface area (Å²) in [4.78, 5) is 0. The molecule has 2 aromatic rings. The molecule has 0 saturated heterocycles. The second kappa shape index (κ2) is 7.25. The van der Waals surface area contributed by atoms with Crippen molar-refractivity contribution in [2.24, 2.45) is 5.92 Å². The Hall–Kier alpha value is -1.38. The standard InChI is InChI=1S/C20H28OSi/c1-16(2)19(21)15-20(17-11-7-5-8-12-17)22(3,4)18-13-9-6-10-14-18/h5-14,16,19-21H,15H2,1-4H3/t19-,20-/m1/s1. The number of benzene rings is 2. The summed E-state index contributed by atoms with van der Waals surface area (Å²) in [5, 5.41) is 11.9. The predicted octanol–water partition coefficient (Wildman–Crippen LogP) is 4.33. The third-order valence-corrected chi connectivity index (χ3v) is 8.97. The van der Waals surface area contributed by atoms with Crippen LogP contribution in [0.25, 0.3) is 0 Å². The van der Waals surface area contributed by atoms with Gasteiger partial charge in [0.05, 0.1) is 14.2 Å². The van der Waals surface area contributed by atoms with Crippen molar-refractivity contribution >= 4 is 13.3 Å². The van der Waals surface area contributed by atoms with E-state index in [1.165, 1.54) is 10.8 Å². The van der Waals surface area contributed by atoms with Crippen molar-refractivity contribution in [2.45, 2.75) is 45.0 Å². The zero-order chi connectivity index (χ0) is 16.2. The molecule has 0 radical (unpaired) electrons. The first kappa shape index (κ1) is 17.0. The molecule has 1 nitrogen and oxygen atoms in total. The zero-order valence-electron chi connectivity index (χ0n) is 14.2. The predicted molar refractivity (Wildman–Crippen MR) is 98.2 cm³/mol. The molecule has 0 amide bonds. The summed E-state index contributed by atoms with van der Waals surface area (Å²) in [5.74, 6) is 0.298. The van der Waals surface area contributed by atoms with Crippen LogP contribution in [0.3, 0.4) is 0 Å². The molecule has 0 spiro atoms. The highest BCUT2D eigenvalue weighted by Crippen LogP contribution is 2.32. The van der Waals surface area contributed by atoms with E-state index in [1.54, 1.807) is 0 Å². The van der Waals surface area contributed by atoms with E-state index in [-0.39, 0.29) is 6.10 Å². The fourth-order valence-electron chi connectivity index (χ4n) is 3.12. The molecule has 0 bridgehead atoms. The summed E-state index contributed by atoms with van der Waals surface area (Å²) in [6.07, 6.45) is 0.594. The quantitative estimate of drug-likeness (QED) is 0.787. The van der Waals surface area contributed by atoms with Gasteiger partial charge in [-0.2, -0.15) is 0 Å². The van der Waals surface area contributed by atoms with Crippen LogP contribution in [-0.2, 0) is 0 Å². The van der Waals surface area contributed by atoms with Crippen molar-refractivity contribution in [3.8, 4) is 0 Å². The van der Waals surface area contributed by atoms with Crippen LogP contribution in [0.1, 0.15) is 31.4 Å². The topological polar surface area (TPSA) is 20.2 Å². The zero-order valence-corrected chi connectivity index (χ0v) is 15.2. The largest absolute Gasteiger partial charge is 0.393 e.